The minimum Gasteiger partial charge on any atom is -0.316 e. The van der Waals surface area contributed by atoms with E-state index in [2.05, 4.69) is 50.5 Å². The van der Waals surface area contributed by atoms with Crippen LogP contribution in [-0.2, 0) is 6.42 Å². The molecule has 1 aromatic rings. The van der Waals surface area contributed by atoms with Crippen LogP contribution in [0.3, 0.4) is 0 Å². The van der Waals surface area contributed by atoms with Crippen LogP contribution in [0.4, 0.5) is 0 Å². The van der Waals surface area contributed by atoms with Gasteiger partial charge in [0.05, 0.1) is 0 Å². The topological polar surface area (TPSA) is 12.0 Å². The van der Waals surface area contributed by atoms with Crippen LogP contribution in [0.25, 0.3) is 0 Å². The summed E-state index contributed by atoms with van der Waals surface area (Å²) >= 11 is 1.85. The standard InChI is InChI=1S/C14H25NS/c1-11(2)14(12(3)4)10-15-8-7-13-6-5-9-16-13/h5-6,9,11-12,14-15H,7-8,10H2,1-4H3. The van der Waals surface area contributed by atoms with Gasteiger partial charge in [-0.1, -0.05) is 33.8 Å². The lowest BCUT2D eigenvalue weighted by Crippen LogP contribution is -2.30. The molecule has 0 aliphatic carbocycles. The SMILES string of the molecule is CC(C)C(CNCCc1cccs1)C(C)C. The van der Waals surface area contributed by atoms with Crippen LogP contribution in [-0.4, -0.2) is 13.1 Å². The third kappa shape index (κ3) is 4.67. The van der Waals surface area contributed by atoms with Crippen LogP contribution in [0.15, 0.2) is 17.5 Å². The van der Waals surface area contributed by atoms with Crippen molar-refractivity contribution < 1.29 is 0 Å². The molecule has 1 N–H and O–H groups in total. The third-order valence-corrected chi connectivity index (χ3v) is 4.16. The van der Waals surface area contributed by atoms with Crippen molar-refractivity contribution in [2.45, 2.75) is 34.1 Å². The molecule has 1 rings (SSSR count). The monoisotopic (exact) mass is 239 g/mol. The smallest absolute Gasteiger partial charge is 0.00578 e. The van der Waals surface area contributed by atoms with Gasteiger partial charge in [-0.3, -0.25) is 0 Å². The van der Waals surface area contributed by atoms with Crippen molar-refractivity contribution in [1.82, 2.24) is 5.32 Å². The molecule has 0 amide bonds. The van der Waals surface area contributed by atoms with Crippen LogP contribution in [0.5, 0.6) is 0 Å². The zero-order chi connectivity index (χ0) is 12.0. The summed E-state index contributed by atoms with van der Waals surface area (Å²) in [6, 6.07) is 4.35. The summed E-state index contributed by atoms with van der Waals surface area (Å²) < 4.78 is 0. The number of thiophene rings is 1. The van der Waals surface area contributed by atoms with Gasteiger partial charge >= 0.3 is 0 Å². The minimum atomic E-state index is 0.772. The highest BCUT2D eigenvalue weighted by Gasteiger charge is 2.16. The number of nitrogens with one attached hydrogen (secondary N) is 1. The van der Waals surface area contributed by atoms with Crippen molar-refractivity contribution >= 4 is 11.3 Å². The maximum atomic E-state index is 3.59. The second kappa shape index (κ2) is 7.08. The Labute approximate surface area is 104 Å². The Morgan fingerprint density at radius 2 is 1.88 bits per heavy atom. The summed E-state index contributed by atoms with van der Waals surface area (Å²) in [6.45, 7) is 11.6. The zero-order valence-electron chi connectivity index (χ0n) is 11.0. The van der Waals surface area contributed by atoms with Gasteiger partial charge in [-0.05, 0) is 48.7 Å². The normalized spacial score (nSPS) is 11.9. The van der Waals surface area contributed by atoms with Gasteiger partial charge in [0.2, 0.25) is 0 Å². The molecule has 0 radical (unpaired) electrons. The van der Waals surface area contributed by atoms with Gasteiger partial charge in [0.1, 0.15) is 0 Å². The lowest BCUT2D eigenvalue weighted by atomic mass is 9.85. The number of hydrogen-bond acceptors (Lipinski definition) is 2. The molecular formula is C14H25NS. The van der Waals surface area contributed by atoms with E-state index in [0.29, 0.717) is 0 Å². The van der Waals surface area contributed by atoms with E-state index >= 15 is 0 Å². The molecule has 1 aromatic heterocycles. The maximum absolute atomic E-state index is 3.59. The molecule has 0 atom stereocenters. The van der Waals surface area contributed by atoms with E-state index in [1.54, 1.807) is 0 Å². The van der Waals surface area contributed by atoms with Crippen molar-refractivity contribution in [3.05, 3.63) is 22.4 Å². The molecule has 92 valence electrons. The van der Waals surface area contributed by atoms with Crippen molar-refractivity contribution in [2.75, 3.05) is 13.1 Å². The molecule has 16 heavy (non-hydrogen) atoms. The van der Waals surface area contributed by atoms with Gasteiger partial charge < -0.3 is 5.32 Å². The van der Waals surface area contributed by atoms with Gasteiger partial charge in [-0.25, -0.2) is 0 Å². The Morgan fingerprint density at radius 3 is 2.38 bits per heavy atom. The fourth-order valence-electron chi connectivity index (χ4n) is 2.18. The third-order valence-electron chi connectivity index (χ3n) is 3.22. The van der Waals surface area contributed by atoms with Crippen molar-refractivity contribution in [3.63, 3.8) is 0 Å². The molecule has 2 heteroatoms. The first-order chi connectivity index (χ1) is 7.61. The predicted octanol–water partition coefficient (Wildman–Crippen LogP) is 3.81. The molecule has 1 nitrogen and oxygen atoms in total. The predicted molar refractivity (Wildman–Crippen MR) is 74.1 cm³/mol. The summed E-state index contributed by atoms with van der Waals surface area (Å²) in [7, 11) is 0. The fraction of sp³-hybridized carbons (Fsp3) is 0.714. The quantitative estimate of drug-likeness (QED) is 0.714. The average Bonchev–Trinajstić information content (AvgIpc) is 2.68. The van der Waals surface area contributed by atoms with E-state index in [1.807, 2.05) is 11.3 Å². The molecule has 0 spiro atoms. The molecular weight excluding hydrogens is 214 g/mol. The Morgan fingerprint density at radius 1 is 1.19 bits per heavy atom. The fourth-order valence-corrected chi connectivity index (χ4v) is 2.89. The van der Waals surface area contributed by atoms with Crippen molar-refractivity contribution in [3.8, 4) is 0 Å². The van der Waals surface area contributed by atoms with Crippen LogP contribution in [0.2, 0.25) is 0 Å². The molecule has 0 saturated carbocycles. The molecule has 1 heterocycles. The molecule has 0 fully saturated rings. The van der Waals surface area contributed by atoms with Crippen LogP contribution in [0.1, 0.15) is 32.6 Å². The van der Waals surface area contributed by atoms with E-state index in [1.165, 1.54) is 11.3 Å². The Bertz CT molecular complexity index is 256. The highest BCUT2D eigenvalue weighted by molar-refractivity contribution is 7.09. The first kappa shape index (κ1) is 13.7. The van der Waals surface area contributed by atoms with Crippen molar-refractivity contribution in [2.24, 2.45) is 17.8 Å². The summed E-state index contributed by atoms with van der Waals surface area (Å²) in [6.07, 6.45) is 1.17. The second-order valence-corrected chi connectivity index (χ2v) is 6.22. The lowest BCUT2D eigenvalue weighted by Gasteiger charge is -2.25. The molecule has 0 saturated heterocycles. The zero-order valence-corrected chi connectivity index (χ0v) is 11.8. The summed E-state index contributed by atoms with van der Waals surface area (Å²) in [5, 5.41) is 5.75. The first-order valence-corrected chi connectivity index (χ1v) is 7.22. The largest absolute Gasteiger partial charge is 0.316 e. The highest BCUT2D eigenvalue weighted by Crippen LogP contribution is 2.19. The number of rotatable bonds is 7. The van der Waals surface area contributed by atoms with E-state index in [-0.39, 0.29) is 0 Å². The van der Waals surface area contributed by atoms with Crippen LogP contribution < -0.4 is 5.32 Å². The first-order valence-electron chi connectivity index (χ1n) is 6.34. The van der Waals surface area contributed by atoms with E-state index in [9.17, 15) is 0 Å². The molecule has 0 aromatic carbocycles. The summed E-state index contributed by atoms with van der Waals surface area (Å²) in [5.74, 6) is 2.34. The summed E-state index contributed by atoms with van der Waals surface area (Å²) in [4.78, 5) is 1.48. The van der Waals surface area contributed by atoms with Crippen LogP contribution in [0, 0.1) is 17.8 Å². The van der Waals surface area contributed by atoms with Gasteiger partial charge in [-0.15, -0.1) is 11.3 Å². The highest BCUT2D eigenvalue weighted by atomic mass is 32.1. The Balaban J connectivity index is 2.18. The molecule has 0 bridgehead atoms. The molecule has 0 aliphatic heterocycles. The van der Waals surface area contributed by atoms with E-state index in [0.717, 1.165) is 30.8 Å². The minimum absolute atomic E-state index is 0.772. The molecule has 0 aliphatic rings. The lowest BCUT2D eigenvalue weighted by molar-refractivity contribution is 0.277. The Kier molecular flexibility index (Phi) is 6.07. The second-order valence-electron chi connectivity index (χ2n) is 5.19. The van der Waals surface area contributed by atoms with Gasteiger partial charge in [0.15, 0.2) is 0 Å². The Hall–Kier alpha value is -0.340. The van der Waals surface area contributed by atoms with E-state index < -0.39 is 0 Å². The van der Waals surface area contributed by atoms with Gasteiger partial charge in [-0.2, -0.15) is 0 Å². The summed E-state index contributed by atoms with van der Waals surface area (Å²) in [5.41, 5.74) is 0. The maximum Gasteiger partial charge on any atom is 0.00578 e. The number of hydrogen-bond donors (Lipinski definition) is 1. The van der Waals surface area contributed by atoms with Crippen molar-refractivity contribution in [1.29, 1.82) is 0 Å². The average molecular weight is 239 g/mol. The van der Waals surface area contributed by atoms with Gasteiger partial charge in [0, 0.05) is 4.88 Å². The van der Waals surface area contributed by atoms with E-state index in [4.69, 9.17) is 0 Å². The van der Waals surface area contributed by atoms with Crippen LogP contribution >= 0.6 is 11.3 Å². The molecule has 0 unspecified atom stereocenters. The van der Waals surface area contributed by atoms with Gasteiger partial charge in [0.25, 0.3) is 0 Å².